The zero-order valence-electron chi connectivity index (χ0n) is 5.95. The van der Waals surface area contributed by atoms with Gasteiger partial charge in [0.1, 0.15) is 0 Å². The summed E-state index contributed by atoms with van der Waals surface area (Å²) in [6, 6.07) is 0. The number of nitrogens with one attached hydrogen (secondary N) is 1. The summed E-state index contributed by atoms with van der Waals surface area (Å²) in [6.45, 7) is 2.92. The van der Waals surface area contributed by atoms with Gasteiger partial charge in [0.2, 0.25) is 0 Å². The van der Waals surface area contributed by atoms with E-state index < -0.39 is 11.3 Å². The molecule has 58 valence electrons. The summed E-state index contributed by atoms with van der Waals surface area (Å²) >= 11 is 0. The van der Waals surface area contributed by atoms with E-state index in [1.165, 1.54) is 0 Å². The van der Waals surface area contributed by atoms with E-state index in [1.807, 2.05) is 0 Å². The van der Waals surface area contributed by atoms with Gasteiger partial charge in [-0.1, -0.05) is 6.92 Å². The summed E-state index contributed by atoms with van der Waals surface area (Å²) in [4.78, 5) is 0. The molecule has 1 saturated heterocycles. The average molecular weight is 147 g/mol. The van der Waals surface area contributed by atoms with E-state index in [2.05, 4.69) is 5.32 Å². The third-order valence-electron chi connectivity index (χ3n) is 2.99. The van der Waals surface area contributed by atoms with Crippen molar-refractivity contribution < 1.29 is 8.78 Å². The number of hydrogen-bond acceptors (Lipinski definition) is 1. The number of rotatable bonds is 0. The third kappa shape index (κ3) is 0.506. The molecule has 0 aromatic carbocycles. The minimum atomic E-state index is -2.38. The van der Waals surface area contributed by atoms with Crippen LogP contribution in [0.4, 0.5) is 8.78 Å². The van der Waals surface area contributed by atoms with Crippen LogP contribution in [0, 0.1) is 11.3 Å². The molecule has 2 atom stereocenters. The van der Waals surface area contributed by atoms with Gasteiger partial charge in [-0.05, 0) is 13.0 Å². The Labute approximate surface area is 58.8 Å². The Hall–Kier alpha value is -0.180. The minimum absolute atomic E-state index is 0.332. The van der Waals surface area contributed by atoms with Crippen molar-refractivity contribution in [1.29, 1.82) is 0 Å². The van der Waals surface area contributed by atoms with E-state index in [4.69, 9.17) is 0 Å². The molecule has 1 N–H and O–H groups in total. The zero-order valence-corrected chi connectivity index (χ0v) is 5.95. The first-order valence-electron chi connectivity index (χ1n) is 3.67. The summed E-state index contributed by atoms with van der Waals surface area (Å²) in [5.41, 5.74) is -0.703. The van der Waals surface area contributed by atoms with Crippen LogP contribution in [0.5, 0.6) is 0 Å². The van der Waals surface area contributed by atoms with Gasteiger partial charge < -0.3 is 5.32 Å². The van der Waals surface area contributed by atoms with Crippen LogP contribution in [-0.4, -0.2) is 19.0 Å². The molecule has 0 bridgehead atoms. The SMILES string of the molecule is C[C@]12CNCC[C@@H]1C2(F)F. The van der Waals surface area contributed by atoms with Gasteiger partial charge in [-0.15, -0.1) is 0 Å². The molecule has 1 nitrogen and oxygen atoms in total. The Morgan fingerprint density at radius 3 is 2.60 bits per heavy atom. The second-order valence-corrected chi connectivity index (χ2v) is 3.56. The standard InChI is InChI=1S/C7H11F2N/c1-6-4-10-3-2-5(6)7(6,8)9/h5,10H,2-4H2,1H3/t5-,6-/m0/s1. The maximum absolute atomic E-state index is 12.8. The molecule has 0 aromatic heterocycles. The van der Waals surface area contributed by atoms with E-state index >= 15 is 0 Å². The lowest BCUT2D eigenvalue weighted by Crippen LogP contribution is -2.30. The first-order valence-corrected chi connectivity index (χ1v) is 3.67. The molecule has 1 aliphatic heterocycles. The number of piperidine rings is 1. The second-order valence-electron chi connectivity index (χ2n) is 3.56. The molecule has 2 aliphatic rings. The maximum Gasteiger partial charge on any atom is 0.258 e. The molecule has 1 saturated carbocycles. The fourth-order valence-electron chi connectivity index (χ4n) is 2.01. The third-order valence-corrected chi connectivity index (χ3v) is 2.99. The fourth-order valence-corrected chi connectivity index (χ4v) is 2.01. The predicted molar refractivity (Wildman–Crippen MR) is 34.0 cm³/mol. The van der Waals surface area contributed by atoms with Gasteiger partial charge in [-0.25, -0.2) is 8.78 Å². The maximum atomic E-state index is 12.8. The van der Waals surface area contributed by atoms with Crippen LogP contribution >= 0.6 is 0 Å². The molecule has 2 rings (SSSR count). The molecular formula is C7H11F2N. The summed E-state index contributed by atoms with van der Waals surface area (Å²) in [5, 5.41) is 2.99. The lowest BCUT2D eigenvalue weighted by molar-refractivity contribution is 0.0653. The Morgan fingerprint density at radius 1 is 1.50 bits per heavy atom. The number of alkyl halides is 2. The van der Waals surface area contributed by atoms with Crippen LogP contribution in [0.25, 0.3) is 0 Å². The van der Waals surface area contributed by atoms with E-state index in [9.17, 15) is 8.78 Å². The Morgan fingerprint density at radius 2 is 2.20 bits per heavy atom. The van der Waals surface area contributed by atoms with Crippen molar-refractivity contribution in [3.05, 3.63) is 0 Å². The van der Waals surface area contributed by atoms with Crippen molar-refractivity contribution in [3.8, 4) is 0 Å². The largest absolute Gasteiger partial charge is 0.316 e. The van der Waals surface area contributed by atoms with E-state index in [0.29, 0.717) is 13.0 Å². The number of halogens is 2. The molecule has 0 unspecified atom stereocenters. The Kier molecular flexibility index (Phi) is 0.994. The van der Waals surface area contributed by atoms with Crippen LogP contribution in [0.15, 0.2) is 0 Å². The van der Waals surface area contributed by atoms with Gasteiger partial charge in [-0.2, -0.15) is 0 Å². The summed E-state index contributed by atoms with van der Waals surface area (Å²) in [7, 11) is 0. The lowest BCUT2D eigenvalue weighted by atomic mass is 10.0. The van der Waals surface area contributed by atoms with Crippen molar-refractivity contribution >= 4 is 0 Å². The van der Waals surface area contributed by atoms with Crippen molar-refractivity contribution in [3.63, 3.8) is 0 Å². The summed E-state index contributed by atoms with van der Waals surface area (Å²) in [5.74, 6) is -2.71. The van der Waals surface area contributed by atoms with Gasteiger partial charge in [-0.3, -0.25) is 0 Å². The van der Waals surface area contributed by atoms with Crippen LogP contribution in [-0.2, 0) is 0 Å². The highest BCUT2D eigenvalue weighted by Gasteiger charge is 2.77. The smallest absolute Gasteiger partial charge is 0.258 e. The molecule has 1 aliphatic carbocycles. The first-order chi connectivity index (χ1) is 4.59. The van der Waals surface area contributed by atoms with Crippen LogP contribution in [0.2, 0.25) is 0 Å². The predicted octanol–water partition coefficient (Wildman–Crippen LogP) is 1.25. The van der Waals surface area contributed by atoms with Crippen LogP contribution < -0.4 is 5.32 Å². The van der Waals surface area contributed by atoms with Gasteiger partial charge in [0.25, 0.3) is 5.92 Å². The molecule has 2 fully saturated rings. The molecular weight excluding hydrogens is 136 g/mol. The van der Waals surface area contributed by atoms with Crippen LogP contribution in [0.3, 0.4) is 0 Å². The zero-order chi connectivity index (χ0) is 7.41. The quantitative estimate of drug-likeness (QED) is 0.543. The number of hydrogen-bond donors (Lipinski definition) is 1. The Bertz CT molecular complexity index is 169. The molecule has 0 aromatic rings. The van der Waals surface area contributed by atoms with Gasteiger partial charge in [0.15, 0.2) is 0 Å². The highest BCUT2D eigenvalue weighted by atomic mass is 19.3. The summed E-state index contributed by atoms with van der Waals surface area (Å²) in [6.07, 6.45) is 0.642. The molecule has 0 amide bonds. The Balaban J connectivity index is 2.20. The normalized spacial score (nSPS) is 50.1. The second kappa shape index (κ2) is 1.52. The average Bonchev–Trinajstić information content (AvgIpc) is 2.30. The lowest BCUT2D eigenvalue weighted by Gasteiger charge is -2.15. The monoisotopic (exact) mass is 147 g/mol. The summed E-state index contributed by atoms with van der Waals surface area (Å²) < 4.78 is 25.7. The van der Waals surface area contributed by atoms with Crippen molar-refractivity contribution in [2.24, 2.45) is 11.3 Å². The van der Waals surface area contributed by atoms with E-state index in [0.717, 1.165) is 6.54 Å². The topological polar surface area (TPSA) is 12.0 Å². The minimum Gasteiger partial charge on any atom is -0.316 e. The van der Waals surface area contributed by atoms with Crippen molar-refractivity contribution in [2.75, 3.05) is 13.1 Å². The van der Waals surface area contributed by atoms with Gasteiger partial charge in [0, 0.05) is 12.5 Å². The molecule has 0 spiro atoms. The highest BCUT2D eigenvalue weighted by Crippen LogP contribution is 2.67. The van der Waals surface area contributed by atoms with Gasteiger partial charge >= 0.3 is 0 Å². The molecule has 1 heterocycles. The first kappa shape index (κ1) is 6.53. The van der Waals surface area contributed by atoms with Crippen molar-refractivity contribution in [2.45, 2.75) is 19.3 Å². The number of fused-ring (bicyclic) bond motifs is 1. The highest BCUT2D eigenvalue weighted by molar-refractivity contribution is 5.18. The molecule has 0 radical (unpaired) electrons. The van der Waals surface area contributed by atoms with E-state index in [1.54, 1.807) is 6.92 Å². The van der Waals surface area contributed by atoms with Crippen LogP contribution in [0.1, 0.15) is 13.3 Å². The van der Waals surface area contributed by atoms with Crippen molar-refractivity contribution in [1.82, 2.24) is 5.32 Å². The van der Waals surface area contributed by atoms with E-state index in [-0.39, 0.29) is 5.92 Å². The molecule has 10 heavy (non-hydrogen) atoms. The van der Waals surface area contributed by atoms with Gasteiger partial charge in [0.05, 0.1) is 5.41 Å². The molecule has 3 heteroatoms. The fraction of sp³-hybridized carbons (Fsp3) is 1.00.